The third-order valence-corrected chi connectivity index (χ3v) is 11.6. The smallest absolute Gasteiger partial charge is 0.246 e. The van der Waals surface area contributed by atoms with E-state index < -0.39 is 35.4 Å². The molecule has 2 aromatic carbocycles. The first-order valence-electron chi connectivity index (χ1n) is 20.0. The third kappa shape index (κ3) is 11.1. The van der Waals surface area contributed by atoms with Crippen molar-refractivity contribution in [3.63, 3.8) is 0 Å². The fourth-order valence-electron chi connectivity index (χ4n) is 7.28. The Hall–Kier alpha value is -5.69. The van der Waals surface area contributed by atoms with Crippen molar-refractivity contribution in [2.24, 2.45) is 5.41 Å². The Bertz CT molecular complexity index is 2140. The average molecular weight is 843 g/mol. The van der Waals surface area contributed by atoms with Crippen LogP contribution in [-0.4, -0.2) is 136 Å². The number of nitrogen functional groups attached to an aromatic ring is 1. The van der Waals surface area contributed by atoms with Crippen molar-refractivity contribution in [2.75, 3.05) is 69.7 Å². The van der Waals surface area contributed by atoms with Crippen molar-refractivity contribution >= 4 is 46.5 Å². The Labute approximate surface area is 353 Å². The third-order valence-electron chi connectivity index (χ3n) is 10.6. The molecule has 18 heteroatoms. The summed E-state index contributed by atoms with van der Waals surface area (Å²) in [6.45, 7) is 10.1. The standard InChI is InChI=1S/C42H54N10O7S/c1-26-37(60-25-46-26)28-11-9-27(10-12-28)21-45-40(57)33-19-29(53)22-52(33)41(58)38(42(2,3)4)47-36(56)24-59-18-13-44-35(55)23-50-14-16-51(17-15-50)32-20-31(48-49-39(32)43)30-7-5-6-8-34(30)54/h5-12,20,25,29,33,38,53-54H,13-19,21-24H2,1-4H3,(H2,43,49)(H,44,55)(H,45,57)(H,47,56)/t29-,33+,38-/m1/s1. The molecule has 0 unspecified atom stereocenters. The minimum atomic E-state index is -0.998. The summed E-state index contributed by atoms with van der Waals surface area (Å²) < 4.78 is 5.55. The first-order valence-corrected chi connectivity index (χ1v) is 20.8. The predicted octanol–water partition coefficient (Wildman–Crippen LogP) is 1.93. The molecule has 60 heavy (non-hydrogen) atoms. The van der Waals surface area contributed by atoms with Gasteiger partial charge in [0.05, 0.1) is 46.7 Å². The molecular weight excluding hydrogens is 789 g/mol. The second-order valence-electron chi connectivity index (χ2n) is 16.1. The molecule has 6 rings (SSSR count). The summed E-state index contributed by atoms with van der Waals surface area (Å²) in [4.78, 5) is 63.9. The summed E-state index contributed by atoms with van der Waals surface area (Å²) in [6, 6.07) is 14.6. The molecule has 0 radical (unpaired) electrons. The molecule has 2 aliphatic heterocycles. The summed E-state index contributed by atoms with van der Waals surface area (Å²) in [5, 5.41) is 37.6. The molecule has 0 bridgehead atoms. The highest BCUT2D eigenvalue weighted by Crippen LogP contribution is 2.32. The van der Waals surface area contributed by atoms with Crippen LogP contribution in [0.25, 0.3) is 21.7 Å². The lowest BCUT2D eigenvalue weighted by atomic mass is 9.85. The zero-order chi connectivity index (χ0) is 43.0. The first-order chi connectivity index (χ1) is 28.7. The highest BCUT2D eigenvalue weighted by Gasteiger charge is 2.44. The number of aliphatic hydroxyl groups is 1. The van der Waals surface area contributed by atoms with Crippen LogP contribution in [0.5, 0.6) is 5.75 Å². The fraction of sp³-hybridized carbons (Fsp3) is 0.452. The van der Waals surface area contributed by atoms with Crippen LogP contribution in [0.3, 0.4) is 0 Å². The molecule has 0 aliphatic carbocycles. The van der Waals surface area contributed by atoms with Crippen LogP contribution in [0.1, 0.15) is 38.4 Å². The molecule has 320 valence electrons. The number of nitrogens with one attached hydrogen (secondary N) is 3. The van der Waals surface area contributed by atoms with E-state index in [2.05, 4.69) is 36.0 Å². The summed E-state index contributed by atoms with van der Waals surface area (Å²) in [6.07, 6.45) is -0.807. The Morgan fingerprint density at radius 3 is 2.42 bits per heavy atom. The summed E-state index contributed by atoms with van der Waals surface area (Å²) >= 11 is 1.57. The monoisotopic (exact) mass is 842 g/mol. The number of ether oxygens (including phenoxy) is 1. The van der Waals surface area contributed by atoms with Crippen LogP contribution in [-0.2, 0) is 30.5 Å². The lowest BCUT2D eigenvalue weighted by molar-refractivity contribution is -0.144. The van der Waals surface area contributed by atoms with Gasteiger partial charge in [-0.3, -0.25) is 24.1 Å². The zero-order valence-electron chi connectivity index (χ0n) is 34.4. The van der Waals surface area contributed by atoms with Gasteiger partial charge in [-0.05, 0) is 41.7 Å². The number of hydrogen-bond donors (Lipinski definition) is 6. The molecule has 3 atom stereocenters. The molecule has 0 spiro atoms. The molecule has 2 aromatic heterocycles. The van der Waals surface area contributed by atoms with E-state index in [-0.39, 0.29) is 69.2 Å². The van der Waals surface area contributed by atoms with Crippen molar-refractivity contribution in [1.29, 1.82) is 0 Å². The van der Waals surface area contributed by atoms with Crippen LogP contribution in [0.15, 0.2) is 60.1 Å². The number of piperazine rings is 1. The van der Waals surface area contributed by atoms with E-state index in [1.165, 1.54) is 4.90 Å². The van der Waals surface area contributed by atoms with E-state index >= 15 is 0 Å². The minimum Gasteiger partial charge on any atom is -0.507 e. The maximum atomic E-state index is 13.9. The number of anilines is 2. The Balaban J connectivity index is 0.911. The number of amides is 4. The predicted molar refractivity (Wildman–Crippen MR) is 228 cm³/mol. The number of carbonyl (C=O) groups excluding carboxylic acids is 4. The summed E-state index contributed by atoms with van der Waals surface area (Å²) in [7, 11) is 0. The van der Waals surface area contributed by atoms with E-state index in [1.807, 2.05) is 69.0 Å². The van der Waals surface area contributed by atoms with Gasteiger partial charge in [-0.1, -0.05) is 57.2 Å². The molecule has 4 aromatic rings. The van der Waals surface area contributed by atoms with Crippen LogP contribution >= 0.6 is 11.3 Å². The quantitative estimate of drug-likeness (QED) is 0.0942. The molecule has 4 heterocycles. The number of benzene rings is 2. The number of aryl methyl sites for hydroxylation is 1. The number of β-amino-alcohol motifs (C(OH)–C–C–N with tert-alkyl or cyclic N) is 1. The molecule has 2 saturated heterocycles. The molecule has 2 fully saturated rings. The Morgan fingerprint density at radius 1 is 1.00 bits per heavy atom. The normalized spacial score (nSPS) is 17.6. The van der Waals surface area contributed by atoms with Crippen molar-refractivity contribution in [2.45, 2.75) is 58.8 Å². The number of thiazole rings is 1. The van der Waals surface area contributed by atoms with Gasteiger partial charge in [0.1, 0.15) is 24.4 Å². The van der Waals surface area contributed by atoms with E-state index in [4.69, 9.17) is 10.5 Å². The number of nitrogens with zero attached hydrogens (tertiary/aromatic N) is 6. The van der Waals surface area contributed by atoms with E-state index in [9.17, 15) is 29.4 Å². The molecule has 0 saturated carbocycles. The Morgan fingerprint density at radius 2 is 1.73 bits per heavy atom. The topological polar surface area (TPSA) is 228 Å². The first kappa shape index (κ1) is 43.9. The zero-order valence-corrected chi connectivity index (χ0v) is 35.2. The second-order valence-corrected chi connectivity index (χ2v) is 17.0. The fourth-order valence-corrected chi connectivity index (χ4v) is 8.09. The van der Waals surface area contributed by atoms with E-state index in [0.29, 0.717) is 43.1 Å². The van der Waals surface area contributed by atoms with E-state index in [0.717, 1.165) is 21.7 Å². The lowest BCUT2D eigenvalue weighted by Gasteiger charge is -2.36. The van der Waals surface area contributed by atoms with E-state index in [1.54, 1.807) is 35.0 Å². The van der Waals surface area contributed by atoms with Gasteiger partial charge >= 0.3 is 0 Å². The number of aliphatic hydroxyl groups excluding tert-OH is 1. The van der Waals surface area contributed by atoms with Gasteiger partial charge in [-0.15, -0.1) is 21.5 Å². The number of rotatable bonds is 15. The van der Waals surface area contributed by atoms with Gasteiger partial charge in [0.2, 0.25) is 23.6 Å². The molecule has 17 nitrogen and oxygen atoms in total. The van der Waals surface area contributed by atoms with Gasteiger partial charge in [-0.25, -0.2) is 4.98 Å². The number of phenols is 1. The van der Waals surface area contributed by atoms with Gasteiger partial charge in [-0.2, -0.15) is 0 Å². The van der Waals surface area contributed by atoms with Crippen LogP contribution in [0, 0.1) is 12.3 Å². The van der Waals surface area contributed by atoms with Crippen molar-refractivity contribution in [3.05, 3.63) is 71.4 Å². The van der Waals surface area contributed by atoms with Gasteiger partial charge in [0.25, 0.3) is 0 Å². The van der Waals surface area contributed by atoms with Crippen molar-refractivity contribution in [1.82, 2.24) is 40.9 Å². The highest BCUT2D eigenvalue weighted by atomic mass is 32.1. The van der Waals surface area contributed by atoms with Crippen molar-refractivity contribution in [3.8, 4) is 27.4 Å². The van der Waals surface area contributed by atoms with Crippen molar-refractivity contribution < 1.29 is 34.1 Å². The van der Waals surface area contributed by atoms with Gasteiger partial charge < -0.3 is 46.4 Å². The largest absolute Gasteiger partial charge is 0.507 e. The highest BCUT2D eigenvalue weighted by molar-refractivity contribution is 7.13. The SMILES string of the molecule is Cc1ncsc1-c1ccc(CNC(=O)[C@@H]2C[C@@H](O)CN2C(=O)[C@@H](NC(=O)COCCNC(=O)CN2CCN(c3cc(-c4ccccc4O)nnc3N)CC2)C(C)(C)C)cc1. The van der Waals surface area contributed by atoms with Gasteiger partial charge in [0, 0.05) is 57.8 Å². The number of aromatic hydroxyl groups is 1. The second kappa shape index (κ2) is 19.6. The van der Waals surface area contributed by atoms with Gasteiger partial charge in [0.15, 0.2) is 5.82 Å². The number of nitrogens with two attached hydrogens (primary N) is 1. The number of phenolic OH excluding ortho intramolecular Hbond substituents is 1. The Kier molecular flexibility index (Phi) is 14.3. The molecule has 7 N–H and O–H groups in total. The van der Waals surface area contributed by atoms with Crippen LogP contribution < -0.4 is 26.6 Å². The minimum absolute atomic E-state index is 0.0350. The maximum absolute atomic E-state index is 13.9. The van der Waals surface area contributed by atoms with Crippen LogP contribution in [0.2, 0.25) is 0 Å². The maximum Gasteiger partial charge on any atom is 0.246 e. The molecule has 2 aliphatic rings. The molecule has 4 amide bonds. The summed E-state index contributed by atoms with van der Waals surface area (Å²) in [5.74, 6) is -1.19. The number of para-hydroxylation sites is 1. The molecular formula is C42H54N10O7S. The number of aromatic nitrogens is 3. The summed E-state index contributed by atoms with van der Waals surface area (Å²) in [5.41, 5.74) is 11.9. The number of carbonyl (C=O) groups is 4. The average Bonchev–Trinajstić information content (AvgIpc) is 3.84. The lowest BCUT2D eigenvalue weighted by Crippen LogP contribution is -2.58. The number of hydrogen-bond acceptors (Lipinski definition) is 14. The van der Waals surface area contributed by atoms with Crippen LogP contribution in [0.4, 0.5) is 11.5 Å². The number of likely N-dealkylation sites (tertiary alicyclic amines) is 1.